The van der Waals surface area contributed by atoms with Gasteiger partial charge >= 0.3 is 0 Å². The molecule has 0 saturated carbocycles. The molecule has 21 heavy (non-hydrogen) atoms. The highest BCUT2D eigenvalue weighted by Crippen LogP contribution is 2.20. The van der Waals surface area contributed by atoms with Gasteiger partial charge in [-0.25, -0.2) is 0 Å². The Kier molecular flexibility index (Phi) is 7.71. The maximum Gasteiger partial charge on any atom is 0.225 e. The molecule has 0 aliphatic carbocycles. The third-order valence-corrected chi connectivity index (χ3v) is 4.73. The lowest BCUT2D eigenvalue weighted by Gasteiger charge is -2.30. The van der Waals surface area contributed by atoms with E-state index in [0.29, 0.717) is 6.42 Å². The molecule has 5 heteroatoms. The number of hydrogen-bond donors (Lipinski definition) is 1. The lowest BCUT2D eigenvalue weighted by Crippen LogP contribution is -2.36. The summed E-state index contributed by atoms with van der Waals surface area (Å²) in [6.45, 7) is 7.44. The van der Waals surface area contributed by atoms with Crippen LogP contribution < -0.4 is 5.32 Å². The van der Waals surface area contributed by atoms with Crippen LogP contribution in [0.1, 0.15) is 31.7 Å². The van der Waals surface area contributed by atoms with Crippen molar-refractivity contribution < 1.29 is 4.79 Å². The second-order valence-electron chi connectivity index (χ2n) is 5.81. The van der Waals surface area contributed by atoms with Gasteiger partial charge in [-0.15, -0.1) is 12.4 Å². The van der Waals surface area contributed by atoms with E-state index >= 15 is 0 Å². The molecule has 0 spiro atoms. The first-order valence-corrected chi connectivity index (χ1v) is 8.12. The Bertz CT molecular complexity index is 481. The van der Waals surface area contributed by atoms with E-state index in [9.17, 15) is 4.79 Å². The molecule has 1 heterocycles. The Morgan fingerprint density at radius 3 is 2.90 bits per heavy atom. The molecule has 1 atom stereocenters. The number of anilines is 1. The van der Waals surface area contributed by atoms with Crippen LogP contribution in [0.4, 0.5) is 5.69 Å². The predicted molar refractivity (Wildman–Crippen MR) is 94.2 cm³/mol. The molecular weight excluding hydrogens is 352 g/mol. The SMILES string of the molecule is Cc1cc(NC(=O)CCN2CCCC(C)C2)ccc1Br.Cl. The second-order valence-corrected chi connectivity index (χ2v) is 6.66. The van der Waals surface area contributed by atoms with Crippen molar-refractivity contribution in [3.8, 4) is 0 Å². The second kappa shape index (κ2) is 8.76. The third kappa shape index (κ3) is 5.97. The molecule has 1 saturated heterocycles. The minimum atomic E-state index is 0. The highest BCUT2D eigenvalue weighted by atomic mass is 79.9. The van der Waals surface area contributed by atoms with E-state index in [2.05, 4.69) is 33.1 Å². The first-order valence-electron chi connectivity index (χ1n) is 7.33. The smallest absolute Gasteiger partial charge is 0.225 e. The van der Waals surface area contributed by atoms with Gasteiger partial charge in [0.2, 0.25) is 5.91 Å². The summed E-state index contributed by atoms with van der Waals surface area (Å²) in [6.07, 6.45) is 3.15. The fraction of sp³-hybridized carbons (Fsp3) is 0.562. The number of amides is 1. The number of hydrogen-bond acceptors (Lipinski definition) is 2. The fourth-order valence-corrected chi connectivity index (χ4v) is 2.94. The van der Waals surface area contributed by atoms with Crippen molar-refractivity contribution in [1.29, 1.82) is 0 Å². The van der Waals surface area contributed by atoms with Crippen LogP contribution >= 0.6 is 28.3 Å². The number of aryl methyl sites for hydroxylation is 1. The van der Waals surface area contributed by atoms with E-state index in [1.165, 1.54) is 12.8 Å². The van der Waals surface area contributed by atoms with Crippen molar-refractivity contribution >= 4 is 39.9 Å². The van der Waals surface area contributed by atoms with Gasteiger partial charge in [-0.3, -0.25) is 4.79 Å². The molecule has 0 bridgehead atoms. The van der Waals surface area contributed by atoms with Crippen LogP contribution in [0.3, 0.4) is 0 Å². The fourth-order valence-electron chi connectivity index (χ4n) is 2.70. The van der Waals surface area contributed by atoms with Crippen LogP contribution in [-0.2, 0) is 4.79 Å². The van der Waals surface area contributed by atoms with Crippen molar-refractivity contribution in [3.63, 3.8) is 0 Å². The van der Waals surface area contributed by atoms with Crippen LogP contribution in [-0.4, -0.2) is 30.4 Å². The van der Waals surface area contributed by atoms with Crippen LogP contribution in [0.5, 0.6) is 0 Å². The number of carbonyl (C=O) groups excluding carboxylic acids is 1. The van der Waals surface area contributed by atoms with Gasteiger partial charge in [0.1, 0.15) is 0 Å². The summed E-state index contributed by atoms with van der Waals surface area (Å²) in [6, 6.07) is 5.89. The summed E-state index contributed by atoms with van der Waals surface area (Å²) in [5.74, 6) is 0.867. The zero-order valence-electron chi connectivity index (χ0n) is 12.7. The van der Waals surface area contributed by atoms with Gasteiger partial charge in [-0.05, 0) is 56.0 Å². The number of nitrogens with one attached hydrogen (secondary N) is 1. The lowest BCUT2D eigenvalue weighted by atomic mass is 10.0. The maximum atomic E-state index is 12.0. The molecule has 0 aromatic heterocycles. The average molecular weight is 376 g/mol. The Morgan fingerprint density at radius 1 is 1.48 bits per heavy atom. The van der Waals surface area contributed by atoms with Crippen molar-refractivity contribution in [3.05, 3.63) is 28.2 Å². The van der Waals surface area contributed by atoms with Gasteiger partial charge in [0.05, 0.1) is 0 Å². The topological polar surface area (TPSA) is 32.3 Å². The molecule has 1 aliphatic heterocycles. The molecule has 2 rings (SSSR count). The summed E-state index contributed by atoms with van der Waals surface area (Å²) < 4.78 is 1.07. The highest BCUT2D eigenvalue weighted by molar-refractivity contribution is 9.10. The van der Waals surface area contributed by atoms with Gasteiger partial charge in [0.15, 0.2) is 0 Å². The maximum absolute atomic E-state index is 12.0. The van der Waals surface area contributed by atoms with Gasteiger partial charge in [-0.1, -0.05) is 22.9 Å². The largest absolute Gasteiger partial charge is 0.326 e. The molecule has 118 valence electrons. The Hall–Kier alpha value is -0.580. The number of piperidine rings is 1. The zero-order chi connectivity index (χ0) is 14.5. The van der Waals surface area contributed by atoms with Gasteiger partial charge in [0.25, 0.3) is 0 Å². The van der Waals surface area contributed by atoms with E-state index in [-0.39, 0.29) is 18.3 Å². The molecule has 1 fully saturated rings. The number of rotatable bonds is 4. The number of benzene rings is 1. The van der Waals surface area contributed by atoms with Crippen molar-refractivity contribution in [1.82, 2.24) is 4.90 Å². The quantitative estimate of drug-likeness (QED) is 0.853. The van der Waals surface area contributed by atoms with E-state index in [1.807, 2.05) is 25.1 Å². The molecule has 1 amide bonds. The van der Waals surface area contributed by atoms with Crippen LogP contribution in [0, 0.1) is 12.8 Å². The molecule has 1 aromatic rings. The molecular formula is C16H24BrClN2O. The Morgan fingerprint density at radius 2 is 2.24 bits per heavy atom. The van der Waals surface area contributed by atoms with E-state index in [0.717, 1.165) is 41.3 Å². The van der Waals surface area contributed by atoms with E-state index < -0.39 is 0 Å². The minimum absolute atomic E-state index is 0. The summed E-state index contributed by atoms with van der Waals surface area (Å²) >= 11 is 3.46. The van der Waals surface area contributed by atoms with Crippen molar-refractivity contribution in [2.75, 3.05) is 25.0 Å². The summed E-state index contributed by atoms with van der Waals surface area (Å²) in [7, 11) is 0. The number of likely N-dealkylation sites (tertiary alicyclic amines) is 1. The highest BCUT2D eigenvalue weighted by Gasteiger charge is 2.16. The van der Waals surface area contributed by atoms with Crippen LogP contribution in [0.25, 0.3) is 0 Å². The van der Waals surface area contributed by atoms with Gasteiger partial charge < -0.3 is 10.2 Å². The number of carbonyl (C=O) groups is 1. The molecule has 1 N–H and O–H groups in total. The molecule has 0 radical (unpaired) electrons. The number of halogens is 2. The summed E-state index contributed by atoms with van der Waals surface area (Å²) in [5.41, 5.74) is 2.01. The molecule has 3 nitrogen and oxygen atoms in total. The first kappa shape index (κ1) is 18.5. The lowest BCUT2D eigenvalue weighted by molar-refractivity contribution is -0.116. The third-order valence-electron chi connectivity index (χ3n) is 3.84. The monoisotopic (exact) mass is 374 g/mol. The Balaban J connectivity index is 0.00000220. The van der Waals surface area contributed by atoms with E-state index in [1.54, 1.807) is 0 Å². The molecule has 1 aliphatic rings. The zero-order valence-corrected chi connectivity index (χ0v) is 15.1. The summed E-state index contributed by atoms with van der Waals surface area (Å²) in [5, 5.41) is 2.97. The standard InChI is InChI=1S/C16H23BrN2O.ClH/c1-12-4-3-8-19(11-12)9-7-16(20)18-14-5-6-15(17)13(2)10-14;/h5-6,10,12H,3-4,7-9,11H2,1-2H3,(H,18,20);1H. The van der Waals surface area contributed by atoms with Crippen LogP contribution in [0.2, 0.25) is 0 Å². The van der Waals surface area contributed by atoms with Gasteiger partial charge in [0, 0.05) is 29.7 Å². The Labute approximate surface area is 142 Å². The minimum Gasteiger partial charge on any atom is -0.326 e. The number of nitrogens with zero attached hydrogens (tertiary/aromatic N) is 1. The molecule has 1 aromatic carbocycles. The average Bonchev–Trinajstić information content (AvgIpc) is 2.41. The predicted octanol–water partition coefficient (Wildman–Crippen LogP) is 4.24. The van der Waals surface area contributed by atoms with Gasteiger partial charge in [-0.2, -0.15) is 0 Å². The van der Waals surface area contributed by atoms with Crippen molar-refractivity contribution in [2.24, 2.45) is 5.92 Å². The summed E-state index contributed by atoms with van der Waals surface area (Å²) in [4.78, 5) is 14.4. The van der Waals surface area contributed by atoms with E-state index in [4.69, 9.17) is 0 Å². The normalized spacial score (nSPS) is 18.9. The van der Waals surface area contributed by atoms with Crippen LogP contribution in [0.15, 0.2) is 22.7 Å². The first-order chi connectivity index (χ1) is 9.54. The molecule has 1 unspecified atom stereocenters. The van der Waals surface area contributed by atoms with Crippen molar-refractivity contribution in [2.45, 2.75) is 33.1 Å².